The summed E-state index contributed by atoms with van der Waals surface area (Å²) in [6.07, 6.45) is 0. The van der Waals surface area contributed by atoms with Crippen LogP contribution in [0.25, 0.3) is 0 Å². The van der Waals surface area contributed by atoms with Gasteiger partial charge in [-0.2, -0.15) is 0 Å². The minimum absolute atomic E-state index is 0.133. The fourth-order valence-corrected chi connectivity index (χ4v) is 1.35. The van der Waals surface area contributed by atoms with Crippen LogP contribution in [0.1, 0.15) is 27.0 Å². The van der Waals surface area contributed by atoms with Crippen molar-refractivity contribution in [2.45, 2.75) is 20.8 Å². The van der Waals surface area contributed by atoms with Crippen LogP contribution in [0, 0.1) is 20.8 Å². The summed E-state index contributed by atoms with van der Waals surface area (Å²) in [6.45, 7) is 5.53. The lowest BCUT2D eigenvalue weighted by molar-refractivity contribution is 0.0599. The molecule has 0 unspecified atom stereocenters. The molecule has 1 aromatic rings. The second-order valence-corrected chi connectivity index (χ2v) is 3.31. The largest absolute Gasteiger partial charge is 0.508 e. The monoisotopic (exact) mass is 194 g/mol. The van der Waals surface area contributed by atoms with Gasteiger partial charge in [0.05, 0.1) is 12.7 Å². The highest BCUT2D eigenvalue weighted by atomic mass is 16.5. The minimum atomic E-state index is -0.416. The molecule has 0 fully saturated rings. The van der Waals surface area contributed by atoms with E-state index in [1.165, 1.54) is 13.2 Å². The average Bonchev–Trinajstić information content (AvgIpc) is 2.19. The van der Waals surface area contributed by atoms with Gasteiger partial charge >= 0.3 is 5.97 Å². The number of benzene rings is 1. The van der Waals surface area contributed by atoms with Crippen molar-refractivity contribution in [3.05, 3.63) is 28.3 Å². The molecule has 0 amide bonds. The van der Waals surface area contributed by atoms with Gasteiger partial charge in [0, 0.05) is 0 Å². The molecule has 0 saturated heterocycles. The van der Waals surface area contributed by atoms with E-state index in [-0.39, 0.29) is 5.75 Å². The van der Waals surface area contributed by atoms with Crippen molar-refractivity contribution >= 4 is 5.97 Å². The van der Waals surface area contributed by atoms with E-state index in [1.54, 1.807) is 0 Å². The molecule has 1 N–H and O–H groups in total. The summed E-state index contributed by atoms with van der Waals surface area (Å²) in [6, 6.07) is 1.45. The third-order valence-electron chi connectivity index (χ3n) is 2.60. The lowest BCUT2D eigenvalue weighted by atomic mass is 9.98. The number of carbonyl (C=O) groups is 1. The number of carbonyl (C=O) groups excluding carboxylic acids is 1. The predicted molar refractivity (Wildman–Crippen MR) is 53.7 cm³/mol. The van der Waals surface area contributed by atoms with E-state index in [2.05, 4.69) is 4.74 Å². The zero-order chi connectivity index (χ0) is 10.9. The Balaban J connectivity index is 3.40. The van der Waals surface area contributed by atoms with Gasteiger partial charge in [0.1, 0.15) is 5.75 Å². The lowest BCUT2D eigenvalue weighted by Gasteiger charge is -2.11. The van der Waals surface area contributed by atoms with Gasteiger partial charge in [-0.15, -0.1) is 0 Å². The van der Waals surface area contributed by atoms with Gasteiger partial charge in [0.2, 0.25) is 0 Å². The summed E-state index contributed by atoms with van der Waals surface area (Å²) in [5.74, 6) is -0.283. The Hall–Kier alpha value is -1.51. The molecule has 76 valence electrons. The Morgan fingerprint density at radius 2 is 1.79 bits per heavy atom. The molecular formula is C11H14O3. The molecular weight excluding hydrogens is 180 g/mol. The van der Waals surface area contributed by atoms with E-state index < -0.39 is 5.97 Å². The van der Waals surface area contributed by atoms with Gasteiger partial charge in [0.25, 0.3) is 0 Å². The van der Waals surface area contributed by atoms with E-state index >= 15 is 0 Å². The van der Waals surface area contributed by atoms with Crippen LogP contribution in [0.3, 0.4) is 0 Å². The number of rotatable bonds is 1. The molecule has 0 aliphatic heterocycles. The number of phenolic OH excluding ortho intramolecular Hbond substituents is 1. The maximum atomic E-state index is 11.3. The van der Waals surface area contributed by atoms with Crippen LogP contribution in [0.15, 0.2) is 6.07 Å². The zero-order valence-electron chi connectivity index (χ0n) is 8.84. The quantitative estimate of drug-likeness (QED) is 0.696. The molecule has 3 heteroatoms. The smallest absolute Gasteiger partial charge is 0.338 e. The maximum Gasteiger partial charge on any atom is 0.338 e. The summed E-state index contributed by atoms with van der Waals surface area (Å²) in [5.41, 5.74) is 3.00. The number of hydrogen-bond acceptors (Lipinski definition) is 3. The number of esters is 1. The van der Waals surface area contributed by atoms with Gasteiger partial charge in [0.15, 0.2) is 0 Å². The summed E-state index contributed by atoms with van der Waals surface area (Å²) >= 11 is 0. The normalized spacial score (nSPS) is 10.0. The summed E-state index contributed by atoms with van der Waals surface area (Å²) < 4.78 is 4.62. The Bertz CT molecular complexity index is 381. The van der Waals surface area contributed by atoms with Gasteiger partial charge in [-0.05, 0) is 43.5 Å². The molecule has 0 saturated carbocycles. The van der Waals surface area contributed by atoms with E-state index in [9.17, 15) is 9.90 Å². The maximum absolute atomic E-state index is 11.3. The fraction of sp³-hybridized carbons (Fsp3) is 0.364. The van der Waals surface area contributed by atoms with Gasteiger partial charge in [-0.3, -0.25) is 0 Å². The molecule has 3 nitrogen and oxygen atoms in total. The molecule has 0 atom stereocenters. The van der Waals surface area contributed by atoms with Crippen LogP contribution in [0.4, 0.5) is 0 Å². The number of phenols is 1. The van der Waals surface area contributed by atoms with Gasteiger partial charge in [-0.25, -0.2) is 4.79 Å². The SMILES string of the molecule is COC(=O)c1cc(O)c(C)c(C)c1C. The first-order chi connectivity index (χ1) is 6.49. The van der Waals surface area contributed by atoms with Crippen molar-refractivity contribution in [2.75, 3.05) is 7.11 Å². The zero-order valence-corrected chi connectivity index (χ0v) is 8.84. The minimum Gasteiger partial charge on any atom is -0.508 e. The molecule has 1 rings (SSSR count). The van der Waals surface area contributed by atoms with Crippen molar-refractivity contribution in [2.24, 2.45) is 0 Å². The molecule has 0 radical (unpaired) electrons. The summed E-state index contributed by atoms with van der Waals surface area (Å²) in [7, 11) is 1.33. The Labute approximate surface area is 83.3 Å². The van der Waals surface area contributed by atoms with E-state index in [0.29, 0.717) is 5.56 Å². The van der Waals surface area contributed by atoms with Crippen LogP contribution >= 0.6 is 0 Å². The fourth-order valence-electron chi connectivity index (χ4n) is 1.35. The van der Waals surface area contributed by atoms with Crippen molar-refractivity contribution in [1.29, 1.82) is 0 Å². The molecule has 1 aromatic carbocycles. The number of hydrogen-bond donors (Lipinski definition) is 1. The molecule has 0 spiro atoms. The number of aromatic hydroxyl groups is 1. The van der Waals surface area contributed by atoms with Crippen LogP contribution < -0.4 is 0 Å². The lowest BCUT2D eigenvalue weighted by Crippen LogP contribution is -2.05. The van der Waals surface area contributed by atoms with E-state index in [1.807, 2.05) is 20.8 Å². The average molecular weight is 194 g/mol. The second-order valence-electron chi connectivity index (χ2n) is 3.31. The van der Waals surface area contributed by atoms with Crippen LogP contribution in [0.5, 0.6) is 5.75 Å². The predicted octanol–water partition coefficient (Wildman–Crippen LogP) is 2.10. The Morgan fingerprint density at radius 3 is 2.29 bits per heavy atom. The standard InChI is InChI=1S/C11H14O3/c1-6-7(2)9(11(13)14-4)5-10(12)8(6)3/h5,12H,1-4H3. The summed E-state index contributed by atoms with van der Waals surface area (Å²) in [5, 5.41) is 9.54. The molecule has 0 heterocycles. The van der Waals surface area contributed by atoms with Crippen molar-refractivity contribution in [3.8, 4) is 5.75 Å². The Morgan fingerprint density at radius 1 is 1.21 bits per heavy atom. The van der Waals surface area contributed by atoms with E-state index in [0.717, 1.165) is 16.7 Å². The summed E-state index contributed by atoms with van der Waals surface area (Å²) in [4.78, 5) is 11.3. The first-order valence-corrected chi connectivity index (χ1v) is 4.37. The van der Waals surface area contributed by atoms with Crippen LogP contribution in [-0.2, 0) is 4.74 Å². The first kappa shape index (κ1) is 10.6. The topological polar surface area (TPSA) is 46.5 Å². The van der Waals surface area contributed by atoms with Crippen molar-refractivity contribution < 1.29 is 14.6 Å². The molecule has 0 aliphatic rings. The highest BCUT2D eigenvalue weighted by Crippen LogP contribution is 2.26. The highest BCUT2D eigenvalue weighted by molar-refractivity contribution is 5.92. The van der Waals surface area contributed by atoms with Gasteiger partial charge < -0.3 is 9.84 Å². The molecule has 14 heavy (non-hydrogen) atoms. The highest BCUT2D eigenvalue weighted by Gasteiger charge is 2.14. The number of methoxy groups -OCH3 is 1. The molecule has 0 aliphatic carbocycles. The Kier molecular flexibility index (Phi) is 2.79. The first-order valence-electron chi connectivity index (χ1n) is 4.37. The van der Waals surface area contributed by atoms with Crippen molar-refractivity contribution in [1.82, 2.24) is 0 Å². The van der Waals surface area contributed by atoms with Crippen molar-refractivity contribution in [3.63, 3.8) is 0 Å². The second kappa shape index (κ2) is 3.70. The van der Waals surface area contributed by atoms with E-state index in [4.69, 9.17) is 0 Å². The van der Waals surface area contributed by atoms with Crippen LogP contribution in [0.2, 0.25) is 0 Å². The molecule has 0 bridgehead atoms. The third kappa shape index (κ3) is 1.58. The molecule has 0 aromatic heterocycles. The van der Waals surface area contributed by atoms with Crippen LogP contribution in [-0.4, -0.2) is 18.2 Å². The number of ether oxygens (including phenoxy) is 1. The van der Waals surface area contributed by atoms with Gasteiger partial charge in [-0.1, -0.05) is 0 Å². The third-order valence-corrected chi connectivity index (χ3v) is 2.60.